The molecule has 0 unspecified atom stereocenters. The second-order valence-corrected chi connectivity index (χ2v) is 15.1. The van der Waals surface area contributed by atoms with Gasteiger partial charge in [-0.3, -0.25) is 19.1 Å². The van der Waals surface area contributed by atoms with E-state index in [-0.39, 0.29) is 47.9 Å². The van der Waals surface area contributed by atoms with Crippen LogP contribution in [-0.2, 0) is 28.6 Å². The number of halogens is 29. The highest BCUT2D eigenvalue weighted by molar-refractivity contribution is 5.96. The van der Waals surface area contributed by atoms with Crippen LogP contribution < -0.4 is 21.3 Å². The Bertz CT molecular complexity index is 2330. The number of nitrogens with zero attached hydrogens (tertiary/aromatic N) is 4. The standard InChI is InChI=1S/C25H31FN4O4.C22H27FN4O2.13F2.FH/c1-6-14-27-21-17(16-28-24(30-21)29-19-11-9-10-18(26)15-19)12-13-25(4,5)20(22(31)33-7-2)23(32)34-8-3;1-5-12-24-20-16(10-11-22(3,4)14-19(28)29-6-2)15-25-21(27-20)26-18-9-7-8-17(23)13-18;13*1-2;/h9-11,15-16,20H,6-8,14H2,1-5H3,(H2,27,28,29,30);7-9,13,15H,5-6,12,14H2,1-4H3,(H2,24,25,26,27);;;;;;;;;;;;;;1H. The van der Waals surface area contributed by atoms with Crippen molar-refractivity contribution in [3.8, 4) is 23.7 Å². The zero-order valence-corrected chi connectivity index (χ0v) is 47.7. The summed E-state index contributed by atoms with van der Waals surface area (Å²) in [5.74, 6) is 10.3. The Balaban J connectivity index is -0.0000000986. The van der Waals surface area contributed by atoms with Crippen LogP contribution in [0, 0.1) is 52.1 Å². The highest BCUT2D eigenvalue weighted by atomic mass is 20.0. The van der Waals surface area contributed by atoms with Crippen LogP contribution in [0.25, 0.3) is 0 Å². The molecule has 0 amide bonds. The summed E-state index contributed by atoms with van der Waals surface area (Å²) in [6.45, 7) is 18.3. The van der Waals surface area contributed by atoms with Crippen LogP contribution >= 0.6 is 0 Å². The molecule has 0 fully saturated rings. The normalized spacial score (nSPS) is 8.38. The number of carbonyl (C=O) groups is 3. The van der Waals surface area contributed by atoms with Crippen molar-refractivity contribution in [3.05, 3.63) is 83.7 Å². The van der Waals surface area contributed by atoms with E-state index in [0.717, 1.165) is 19.4 Å². The second kappa shape index (κ2) is 82.4. The van der Waals surface area contributed by atoms with Gasteiger partial charge in [0.25, 0.3) is 0 Å². The lowest BCUT2D eigenvalue weighted by Gasteiger charge is -2.26. The van der Waals surface area contributed by atoms with E-state index in [9.17, 15) is 23.2 Å². The Hall–Kier alpha value is -8.70. The van der Waals surface area contributed by atoms with E-state index in [1.807, 2.05) is 27.7 Å². The molecule has 0 bridgehead atoms. The van der Waals surface area contributed by atoms with Crippen molar-refractivity contribution < 1.29 is 161 Å². The predicted molar refractivity (Wildman–Crippen MR) is 272 cm³/mol. The van der Waals surface area contributed by atoms with Gasteiger partial charge in [-0.15, -0.1) is 0 Å². The van der Waals surface area contributed by atoms with Crippen molar-refractivity contribution in [1.29, 1.82) is 0 Å². The molecule has 0 radical (unpaired) electrons. The summed E-state index contributed by atoms with van der Waals surface area (Å²) < 4.78 is 250. The third-order valence-electron chi connectivity index (χ3n) is 8.54. The van der Waals surface area contributed by atoms with Gasteiger partial charge in [-0.25, -0.2) is 18.7 Å². The molecule has 0 atom stereocenters. The number of hydrogen-bond donors (Lipinski definition) is 4. The van der Waals surface area contributed by atoms with Gasteiger partial charge in [0.15, 0.2) is 5.92 Å². The number of hydrogen-bond acceptors (Lipinski definition) is 14. The monoisotopic (exact) mass is 1380 g/mol. The van der Waals surface area contributed by atoms with Gasteiger partial charge >= 0.3 is 17.9 Å². The molecule has 4 N–H and O–H groups in total. The summed E-state index contributed by atoms with van der Waals surface area (Å²) in [6.07, 6.45) is 5.10. The highest BCUT2D eigenvalue weighted by Gasteiger charge is 2.42. The molecule has 2 aromatic heterocycles. The lowest BCUT2D eigenvalue weighted by Crippen LogP contribution is -2.39. The summed E-state index contributed by atoms with van der Waals surface area (Å²) >= 11 is 0. The van der Waals surface area contributed by atoms with Gasteiger partial charge in [-0.05, 0) is 97.7 Å². The van der Waals surface area contributed by atoms with Crippen molar-refractivity contribution in [2.45, 2.75) is 81.6 Å². The van der Waals surface area contributed by atoms with Crippen LogP contribution in [0.15, 0.2) is 60.9 Å². The maximum Gasteiger partial charge on any atom is 0.321 e. The van der Waals surface area contributed by atoms with Crippen molar-refractivity contribution >= 4 is 52.8 Å². The molecule has 526 valence electrons. The van der Waals surface area contributed by atoms with E-state index in [1.165, 1.54) is 30.5 Å². The van der Waals surface area contributed by atoms with E-state index in [4.69, 9.17) is 133 Å². The molecule has 0 spiro atoms. The number of anilines is 6. The molecular formula is C47H59F29N8O6. The van der Waals surface area contributed by atoms with Crippen LogP contribution in [0.1, 0.15) is 92.7 Å². The van der Waals surface area contributed by atoms with Crippen LogP contribution in [0.3, 0.4) is 0 Å². The second-order valence-electron chi connectivity index (χ2n) is 15.1. The SMILES string of the molecule is CCCNc1nc(Nc2cccc(F)c2)ncc1C#CC(C)(C)C(C(=O)OCC)C(=O)OCC.CCCNc1nc(Nc2cccc(F)c2)ncc1C#CC(C)(C)CC(=O)OCC.F.FF.FF.FF.FF.FF.FF.FF.FF.FF.FF.FF.FF.FF. The van der Waals surface area contributed by atoms with Gasteiger partial charge in [0.2, 0.25) is 11.9 Å². The number of carbonyl (C=O) groups excluding carboxylic acids is 3. The smallest absolute Gasteiger partial charge is 0.321 e. The van der Waals surface area contributed by atoms with Gasteiger partial charge < -0.3 is 35.5 Å². The first-order valence-corrected chi connectivity index (χ1v) is 22.7. The molecular weight excluding hydrogens is 1320 g/mol. The molecule has 0 aliphatic heterocycles. The molecule has 2 heterocycles. The maximum atomic E-state index is 13.5. The minimum absolute atomic E-state index is 0. The number of nitrogens with one attached hydrogen (secondary N) is 4. The van der Waals surface area contributed by atoms with Gasteiger partial charge in [0, 0.05) is 149 Å². The molecule has 14 nitrogen and oxygen atoms in total. The van der Waals surface area contributed by atoms with E-state index in [1.54, 1.807) is 65.1 Å². The molecule has 43 heteroatoms. The quantitative estimate of drug-likeness (QED) is 0.0243. The third-order valence-corrected chi connectivity index (χ3v) is 8.54. The number of rotatable bonds is 18. The number of esters is 3. The Morgan fingerprint density at radius 1 is 0.489 bits per heavy atom. The average molecular weight is 1380 g/mol. The molecule has 4 aromatic rings. The largest absolute Gasteiger partial charge is 0.466 e. The van der Waals surface area contributed by atoms with Gasteiger partial charge in [0.05, 0.1) is 55.2 Å². The Morgan fingerprint density at radius 2 is 0.800 bits per heavy atom. The molecule has 0 aliphatic carbocycles. The van der Waals surface area contributed by atoms with Crippen molar-refractivity contribution in [2.75, 3.05) is 54.2 Å². The zero-order chi connectivity index (χ0) is 72.4. The topological polar surface area (TPSA) is 179 Å². The Morgan fingerprint density at radius 3 is 1.09 bits per heavy atom. The zero-order valence-electron chi connectivity index (χ0n) is 47.7. The highest BCUT2D eigenvalue weighted by Crippen LogP contribution is 2.30. The maximum absolute atomic E-state index is 13.5. The van der Waals surface area contributed by atoms with Crippen LogP contribution in [0.4, 0.5) is 167 Å². The molecule has 2 aromatic carbocycles. The fraction of sp³-hybridized carbons (Fsp3) is 0.426. The van der Waals surface area contributed by atoms with Crippen LogP contribution in [0.2, 0.25) is 0 Å². The summed E-state index contributed by atoms with van der Waals surface area (Å²) in [7, 11) is 0. The van der Waals surface area contributed by atoms with Crippen LogP contribution in [0.5, 0.6) is 0 Å². The van der Waals surface area contributed by atoms with Crippen molar-refractivity contribution in [2.24, 2.45) is 16.7 Å². The fourth-order valence-corrected chi connectivity index (χ4v) is 5.50. The average Bonchev–Trinajstić information content (AvgIpc) is 1.86. The first kappa shape index (κ1) is 109. The molecule has 0 saturated carbocycles. The van der Waals surface area contributed by atoms with Crippen molar-refractivity contribution in [1.82, 2.24) is 19.9 Å². The summed E-state index contributed by atoms with van der Waals surface area (Å²) in [5.41, 5.74) is 0.540. The minimum Gasteiger partial charge on any atom is -0.466 e. The number of aromatic nitrogens is 4. The predicted octanol–water partition coefficient (Wildman–Crippen LogP) is 19.9. The number of benzene rings is 2. The Kier molecular flexibility index (Phi) is 99.9. The summed E-state index contributed by atoms with van der Waals surface area (Å²) in [5, 5.41) is 12.4. The van der Waals surface area contributed by atoms with E-state index < -0.39 is 28.7 Å². The molecule has 4 rings (SSSR count). The lowest BCUT2D eigenvalue weighted by atomic mass is 9.79. The van der Waals surface area contributed by atoms with Crippen molar-refractivity contribution in [3.63, 3.8) is 0 Å². The Labute approximate surface area is 493 Å². The molecule has 0 saturated heterocycles. The molecule has 90 heavy (non-hydrogen) atoms. The first-order valence-electron chi connectivity index (χ1n) is 22.7. The van der Waals surface area contributed by atoms with Gasteiger partial charge in [-0.2, -0.15) is 9.97 Å². The third kappa shape index (κ3) is 55.9. The van der Waals surface area contributed by atoms with Gasteiger partial charge in [0.1, 0.15) is 23.3 Å². The summed E-state index contributed by atoms with van der Waals surface area (Å²) in [4.78, 5) is 54.3. The molecule has 0 aliphatic rings. The minimum atomic E-state index is -1.21. The first-order chi connectivity index (χ1) is 43.0. The van der Waals surface area contributed by atoms with E-state index in [2.05, 4.69) is 64.9 Å². The summed E-state index contributed by atoms with van der Waals surface area (Å²) in [6, 6.07) is 12.1. The van der Waals surface area contributed by atoms with Crippen LogP contribution in [-0.4, -0.2) is 70.8 Å². The fourth-order valence-electron chi connectivity index (χ4n) is 5.50. The van der Waals surface area contributed by atoms with Gasteiger partial charge in [-0.1, -0.05) is 49.7 Å². The number of ether oxygens (including phenoxy) is 3. The van der Waals surface area contributed by atoms with E-state index >= 15 is 0 Å². The van der Waals surface area contributed by atoms with E-state index in [0.29, 0.717) is 53.2 Å². The lowest BCUT2D eigenvalue weighted by molar-refractivity contribution is -0.165.